The lowest BCUT2D eigenvalue weighted by atomic mass is 9.98. The van der Waals surface area contributed by atoms with E-state index in [2.05, 4.69) is 6.58 Å². The van der Waals surface area contributed by atoms with E-state index in [4.69, 9.17) is 10.5 Å². The molecule has 0 radical (unpaired) electrons. The van der Waals surface area contributed by atoms with Crippen LogP contribution in [0.4, 0.5) is 0 Å². The summed E-state index contributed by atoms with van der Waals surface area (Å²) in [6.07, 6.45) is 3.11. The molecule has 0 heterocycles. The van der Waals surface area contributed by atoms with Gasteiger partial charge in [0.05, 0.1) is 0 Å². The number of allylic oxidation sites excluding steroid dienone is 1. The Labute approximate surface area is 115 Å². The Balaban J connectivity index is 2.74. The van der Waals surface area contributed by atoms with Crippen LogP contribution in [0.1, 0.15) is 31.9 Å². The van der Waals surface area contributed by atoms with Gasteiger partial charge >= 0.3 is 5.97 Å². The molecule has 3 heteroatoms. The van der Waals surface area contributed by atoms with Gasteiger partial charge in [-0.15, -0.1) is 6.58 Å². The second-order valence-corrected chi connectivity index (χ2v) is 5.61. The average Bonchev–Trinajstić information content (AvgIpc) is 2.29. The molecule has 104 valence electrons. The van der Waals surface area contributed by atoms with Crippen LogP contribution in [-0.2, 0) is 22.4 Å². The SMILES string of the molecule is C=CCc1ccccc1C[C@@H](N)C(=O)OC(C)(C)C. The van der Waals surface area contributed by atoms with Crippen LogP contribution in [0.3, 0.4) is 0 Å². The molecule has 3 nitrogen and oxygen atoms in total. The quantitative estimate of drug-likeness (QED) is 0.655. The summed E-state index contributed by atoms with van der Waals surface area (Å²) >= 11 is 0. The highest BCUT2D eigenvalue weighted by Crippen LogP contribution is 2.14. The summed E-state index contributed by atoms with van der Waals surface area (Å²) in [5.74, 6) is -0.360. The van der Waals surface area contributed by atoms with E-state index in [0.717, 1.165) is 17.5 Å². The number of hydrogen-bond acceptors (Lipinski definition) is 3. The lowest BCUT2D eigenvalue weighted by Crippen LogP contribution is -2.39. The molecule has 0 unspecified atom stereocenters. The molecule has 1 rings (SSSR count). The highest BCUT2D eigenvalue weighted by Gasteiger charge is 2.22. The van der Waals surface area contributed by atoms with Gasteiger partial charge in [0.15, 0.2) is 0 Å². The van der Waals surface area contributed by atoms with E-state index < -0.39 is 11.6 Å². The molecule has 0 aliphatic rings. The van der Waals surface area contributed by atoms with E-state index in [1.165, 1.54) is 0 Å². The van der Waals surface area contributed by atoms with Crippen LogP contribution in [0.25, 0.3) is 0 Å². The van der Waals surface area contributed by atoms with Crippen molar-refractivity contribution in [1.82, 2.24) is 0 Å². The van der Waals surface area contributed by atoms with Crippen molar-refractivity contribution in [3.63, 3.8) is 0 Å². The van der Waals surface area contributed by atoms with Gasteiger partial charge in [0.2, 0.25) is 0 Å². The first kappa shape index (κ1) is 15.4. The van der Waals surface area contributed by atoms with Gasteiger partial charge < -0.3 is 10.5 Å². The van der Waals surface area contributed by atoms with Crippen molar-refractivity contribution in [2.75, 3.05) is 0 Å². The maximum absolute atomic E-state index is 11.9. The fourth-order valence-electron chi connectivity index (χ4n) is 1.81. The summed E-state index contributed by atoms with van der Waals surface area (Å²) in [4.78, 5) is 11.9. The molecule has 0 spiro atoms. The van der Waals surface area contributed by atoms with Crippen LogP contribution in [0.2, 0.25) is 0 Å². The molecule has 2 N–H and O–H groups in total. The number of benzene rings is 1. The number of esters is 1. The van der Waals surface area contributed by atoms with Gasteiger partial charge in [-0.2, -0.15) is 0 Å². The smallest absolute Gasteiger partial charge is 0.323 e. The number of rotatable bonds is 5. The van der Waals surface area contributed by atoms with E-state index >= 15 is 0 Å². The normalized spacial score (nSPS) is 12.8. The summed E-state index contributed by atoms with van der Waals surface area (Å²) in [7, 11) is 0. The molecule has 1 atom stereocenters. The maximum Gasteiger partial charge on any atom is 0.323 e. The Hall–Kier alpha value is -1.61. The van der Waals surface area contributed by atoms with Crippen LogP contribution in [0.15, 0.2) is 36.9 Å². The number of ether oxygens (including phenoxy) is 1. The molecule has 0 saturated carbocycles. The topological polar surface area (TPSA) is 52.3 Å². The van der Waals surface area contributed by atoms with Crippen LogP contribution < -0.4 is 5.73 Å². The Morgan fingerprint density at radius 2 is 1.95 bits per heavy atom. The van der Waals surface area contributed by atoms with Crippen LogP contribution in [0.5, 0.6) is 0 Å². The van der Waals surface area contributed by atoms with E-state index in [9.17, 15) is 4.79 Å². The molecule has 19 heavy (non-hydrogen) atoms. The van der Waals surface area contributed by atoms with Crippen LogP contribution in [0, 0.1) is 0 Å². The molecule has 1 aromatic rings. The van der Waals surface area contributed by atoms with E-state index in [-0.39, 0.29) is 5.97 Å². The fourth-order valence-corrected chi connectivity index (χ4v) is 1.81. The monoisotopic (exact) mass is 261 g/mol. The maximum atomic E-state index is 11.9. The zero-order valence-corrected chi connectivity index (χ0v) is 12.0. The lowest BCUT2D eigenvalue weighted by Gasteiger charge is -2.22. The minimum atomic E-state index is -0.634. The molecule has 0 bridgehead atoms. The van der Waals surface area contributed by atoms with Crippen LogP contribution >= 0.6 is 0 Å². The highest BCUT2D eigenvalue weighted by molar-refractivity contribution is 5.76. The molecular formula is C16H23NO2. The van der Waals surface area contributed by atoms with Crippen molar-refractivity contribution in [3.8, 4) is 0 Å². The Morgan fingerprint density at radius 3 is 2.47 bits per heavy atom. The predicted molar refractivity (Wildman–Crippen MR) is 77.9 cm³/mol. The van der Waals surface area contributed by atoms with Gasteiger partial charge in [0.25, 0.3) is 0 Å². The summed E-state index contributed by atoms with van der Waals surface area (Å²) in [5.41, 5.74) is 7.64. The van der Waals surface area contributed by atoms with Crippen molar-refractivity contribution in [2.24, 2.45) is 5.73 Å². The second-order valence-electron chi connectivity index (χ2n) is 5.61. The van der Waals surface area contributed by atoms with E-state index in [1.807, 2.05) is 51.1 Å². The van der Waals surface area contributed by atoms with E-state index in [1.54, 1.807) is 0 Å². The summed E-state index contributed by atoms with van der Waals surface area (Å²) in [6.45, 7) is 9.25. The zero-order valence-electron chi connectivity index (χ0n) is 12.0. The predicted octanol–water partition coefficient (Wildman–Crippen LogP) is 2.63. The first-order chi connectivity index (χ1) is 8.83. The van der Waals surface area contributed by atoms with Crippen molar-refractivity contribution < 1.29 is 9.53 Å². The molecule has 0 saturated heterocycles. The van der Waals surface area contributed by atoms with Gasteiger partial charge in [-0.3, -0.25) is 4.79 Å². The first-order valence-corrected chi connectivity index (χ1v) is 6.49. The third kappa shape index (κ3) is 5.26. The average molecular weight is 261 g/mol. The van der Waals surface area contributed by atoms with E-state index in [0.29, 0.717) is 6.42 Å². The van der Waals surface area contributed by atoms with Gasteiger partial charge in [0.1, 0.15) is 11.6 Å². The Kier molecular flexibility index (Phi) is 5.31. The largest absolute Gasteiger partial charge is 0.459 e. The third-order valence-corrected chi connectivity index (χ3v) is 2.63. The lowest BCUT2D eigenvalue weighted by molar-refractivity contribution is -0.156. The third-order valence-electron chi connectivity index (χ3n) is 2.63. The number of nitrogens with two attached hydrogens (primary N) is 1. The number of carbonyl (C=O) groups is 1. The Bertz CT molecular complexity index is 446. The molecule has 0 aromatic heterocycles. The van der Waals surface area contributed by atoms with Gasteiger partial charge in [0, 0.05) is 0 Å². The van der Waals surface area contributed by atoms with Crippen molar-refractivity contribution in [2.45, 2.75) is 45.3 Å². The standard InChI is InChI=1S/C16H23NO2/c1-5-8-12-9-6-7-10-13(12)11-14(17)15(18)19-16(2,3)4/h5-7,9-10,14H,1,8,11,17H2,2-4H3/t14-/m1/s1. The summed E-state index contributed by atoms with van der Waals surface area (Å²) in [6, 6.07) is 7.30. The molecule has 0 aliphatic carbocycles. The van der Waals surface area contributed by atoms with Crippen molar-refractivity contribution in [1.29, 1.82) is 0 Å². The fraction of sp³-hybridized carbons (Fsp3) is 0.438. The first-order valence-electron chi connectivity index (χ1n) is 6.49. The second kappa shape index (κ2) is 6.53. The minimum Gasteiger partial charge on any atom is -0.459 e. The van der Waals surface area contributed by atoms with Crippen molar-refractivity contribution >= 4 is 5.97 Å². The van der Waals surface area contributed by atoms with Gasteiger partial charge in [-0.25, -0.2) is 0 Å². The molecule has 1 aromatic carbocycles. The molecule has 0 fully saturated rings. The number of hydrogen-bond donors (Lipinski definition) is 1. The molecule has 0 amide bonds. The summed E-state index contributed by atoms with van der Waals surface area (Å²) in [5, 5.41) is 0. The van der Waals surface area contributed by atoms with Crippen molar-refractivity contribution in [3.05, 3.63) is 48.0 Å². The molecule has 0 aliphatic heterocycles. The molecular weight excluding hydrogens is 238 g/mol. The highest BCUT2D eigenvalue weighted by atomic mass is 16.6. The Morgan fingerprint density at radius 1 is 1.37 bits per heavy atom. The zero-order chi connectivity index (χ0) is 14.5. The van der Waals surface area contributed by atoms with Gasteiger partial charge in [-0.05, 0) is 44.7 Å². The van der Waals surface area contributed by atoms with Gasteiger partial charge in [-0.1, -0.05) is 30.3 Å². The summed E-state index contributed by atoms with van der Waals surface area (Å²) < 4.78 is 5.29. The van der Waals surface area contributed by atoms with Crippen LogP contribution in [-0.4, -0.2) is 17.6 Å². The minimum absolute atomic E-state index is 0.360. The number of carbonyl (C=O) groups excluding carboxylic acids is 1.